The summed E-state index contributed by atoms with van der Waals surface area (Å²) in [7, 11) is 6.63. The normalized spacial score (nSPS) is 13.8. The van der Waals surface area contributed by atoms with Crippen LogP contribution >= 0.6 is 0 Å². The van der Waals surface area contributed by atoms with E-state index in [1.54, 1.807) is 34.4 Å². The third kappa shape index (κ3) is 4.79. The van der Waals surface area contributed by atoms with Crippen LogP contribution in [0.15, 0.2) is 35.3 Å². The van der Waals surface area contributed by atoms with Crippen LogP contribution in [0.4, 0.5) is 4.39 Å². The molecule has 2 aromatic carbocycles. The monoisotopic (exact) mass is 401 g/mol. The van der Waals surface area contributed by atoms with Crippen molar-refractivity contribution in [1.82, 2.24) is 10.2 Å². The van der Waals surface area contributed by atoms with Crippen molar-refractivity contribution in [2.75, 3.05) is 34.9 Å². The average Bonchev–Trinajstić information content (AvgIpc) is 2.75. The Kier molecular flexibility index (Phi) is 6.93. The average molecular weight is 401 g/mol. The van der Waals surface area contributed by atoms with Crippen LogP contribution in [-0.2, 0) is 30.9 Å². The number of ether oxygens (including phenoxy) is 3. The lowest BCUT2D eigenvalue weighted by molar-refractivity contribution is 0.181. The van der Waals surface area contributed by atoms with Gasteiger partial charge in [-0.05, 0) is 47.4 Å². The Hall–Kier alpha value is -2.80. The van der Waals surface area contributed by atoms with Crippen molar-refractivity contribution in [2.24, 2.45) is 4.99 Å². The highest BCUT2D eigenvalue weighted by atomic mass is 19.1. The fraction of sp³-hybridized carbons (Fsp3) is 0.409. The van der Waals surface area contributed by atoms with Crippen LogP contribution in [0.3, 0.4) is 0 Å². The predicted octanol–water partition coefficient (Wildman–Crippen LogP) is 3.12. The zero-order chi connectivity index (χ0) is 20.8. The molecule has 1 N–H and O–H groups in total. The van der Waals surface area contributed by atoms with Crippen molar-refractivity contribution >= 4 is 5.96 Å². The SMILES string of the molecule is CN=C(NCc1ccc(F)c(COC)c1)N1CCc2cc(OC)c(OC)cc2C1. The lowest BCUT2D eigenvalue weighted by Gasteiger charge is -2.32. The van der Waals surface area contributed by atoms with E-state index in [2.05, 4.69) is 21.3 Å². The summed E-state index contributed by atoms with van der Waals surface area (Å²) in [6.45, 7) is 2.38. The highest BCUT2D eigenvalue weighted by Crippen LogP contribution is 2.33. The molecule has 6 nitrogen and oxygen atoms in total. The van der Waals surface area contributed by atoms with Gasteiger partial charge in [0.25, 0.3) is 0 Å². The number of aliphatic imine (C=N–C) groups is 1. The van der Waals surface area contributed by atoms with Gasteiger partial charge in [0.1, 0.15) is 5.82 Å². The summed E-state index contributed by atoms with van der Waals surface area (Å²) in [4.78, 5) is 6.63. The zero-order valence-electron chi connectivity index (χ0n) is 17.4. The molecule has 0 amide bonds. The molecule has 1 heterocycles. The van der Waals surface area contributed by atoms with Gasteiger partial charge in [-0.1, -0.05) is 6.07 Å². The van der Waals surface area contributed by atoms with Gasteiger partial charge in [0.2, 0.25) is 0 Å². The topological polar surface area (TPSA) is 55.3 Å². The first-order valence-electron chi connectivity index (χ1n) is 9.55. The summed E-state index contributed by atoms with van der Waals surface area (Å²) in [6.07, 6.45) is 0.894. The Morgan fingerprint density at radius 3 is 2.48 bits per heavy atom. The molecule has 0 saturated heterocycles. The molecular formula is C22H28FN3O3. The van der Waals surface area contributed by atoms with Crippen molar-refractivity contribution in [3.8, 4) is 11.5 Å². The molecule has 1 aliphatic heterocycles. The van der Waals surface area contributed by atoms with Crippen LogP contribution in [-0.4, -0.2) is 45.8 Å². The van der Waals surface area contributed by atoms with Gasteiger partial charge in [-0.2, -0.15) is 0 Å². The van der Waals surface area contributed by atoms with E-state index >= 15 is 0 Å². The van der Waals surface area contributed by atoms with E-state index in [0.717, 1.165) is 42.5 Å². The number of nitrogens with one attached hydrogen (secondary N) is 1. The van der Waals surface area contributed by atoms with Crippen molar-refractivity contribution in [2.45, 2.75) is 26.1 Å². The molecule has 7 heteroatoms. The van der Waals surface area contributed by atoms with Gasteiger partial charge in [0.05, 0.1) is 20.8 Å². The van der Waals surface area contributed by atoms with Gasteiger partial charge in [-0.15, -0.1) is 0 Å². The molecule has 0 spiro atoms. The third-order valence-corrected chi connectivity index (χ3v) is 5.09. The van der Waals surface area contributed by atoms with Crippen LogP contribution in [0, 0.1) is 5.82 Å². The standard InChI is InChI=1S/C22H28FN3O3/c1-24-22(25-12-15-5-6-19(23)18(9-15)14-27-2)26-8-7-16-10-20(28-3)21(29-4)11-17(16)13-26/h5-6,9-11H,7-8,12-14H2,1-4H3,(H,24,25). The maximum atomic E-state index is 13.8. The van der Waals surface area contributed by atoms with Crippen LogP contribution in [0.25, 0.3) is 0 Å². The zero-order valence-corrected chi connectivity index (χ0v) is 17.4. The third-order valence-electron chi connectivity index (χ3n) is 5.09. The second-order valence-electron chi connectivity index (χ2n) is 6.91. The fourth-order valence-electron chi connectivity index (χ4n) is 3.58. The molecule has 0 unspecified atom stereocenters. The van der Waals surface area contributed by atoms with Gasteiger partial charge in [-0.3, -0.25) is 4.99 Å². The molecule has 0 saturated carbocycles. The number of hydrogen-bond acceptors (Lipinski definition) is 4. The Bertz CT molecular complexity index is 886. The molecule has 0 aliphatic carbocycles. The Morgan fingerprint density at radius 2 is 1.83 bits per heavy atom. The fourth-order valence-corrected chi connectivity index (χ4v) is 3.58. The molecule has 0 radical (unpaired) electrons. The smallest absolute Gasteiger partial charge is 0.194 e. The van der Waals surface area contributed by atoms with Crippen LogP contribution in [0.1, 0.15) is 22.3 Å². The van der Waals surface area contributed by atoms with E-state index < -0.39 is 0 Å². The number of guanidine groups is 1. The Balaban J connectivity index is 1.70. The Morgan fingerprint density at radius 1 is 1.10 bits per heavy atom. The number of benzene rings is 2. The first-order chi connectivity index (χ1) is 14.1. The number of rotatable bonds is 6. The number of hydrogen-bond donors (Lipinski definition) is 1. The minimum Gasteiger partial charge on any atom is -0.493 e. The maximum Gasteiger partial charge on any atom is 0.194 e. The largest absolute Gasteiger partial charge is 0.493 e. The minimum atomic E-state index is -0.253. The van der Waals surface area contributed by atoms with Crippen molar-refractivity contribution < 1.29 is 18.6 Å². The predicted molar refractivity (Wildman–Crippen MR) is 111 cm³/mol. The second-order valence-corrected chi connectivity index (χ2v) is 6.91. The number of nitrogens with zero attached hydrogens (tertiary/aromatic N) is 2. The highest BCUT2D eigenvalue weighted by molar-refractivity contribution is 5.80. The molecule has 1 aliphatic rings. The van der Waals surface area contributed by atoms with Gasteiger partial charge in [-0.25, -0.2) is 4.39 Å². The summed E-state index contributed by atoms with van der Waals surface area (Å²) in [6, 6.07) is 9.16. The maximum absolute atomic E-state index is 13.8. The molecule has 156 valence electrons. The van der Waals surface area contributed by atoms with E-state index in [0.29, 0.717) is 12.1 Å². The number of halogens is 1. The molecule has 29 heavy (non-hydrogen) atoms. The van der Waals surface area contributed by atoms with Crippen LogP contribution in [0.5, 0.6) is 11.5 Å². The van der Waals surface area contributed by atoms with Crippen LogP contribution < -0.4 is 14.8 Å². The van der Waals surface area contributed by atoms with Gasteiger partial charge >= 0.3 is 0 Å². The van der Waals surface area contributed by atoms with Crippen LogP contribution in [0.2, 0.25) is 0 Å². The van der Waals surface area contributed by atoms with Gasteiger partial charge in [0.15, 0.2) is 17.5 Å². The van der Waals surface area contributed by atoms with E-state index in [1.165, 1.54) is 17.2 Å². The molecule has 2 aromatic rings. The van der Waals surface area contributed by atoms with Crippen molar-refractivity contribution in [3.63, 3.8) is 0 Å². The first kappa shape index (κ1) is 20.9. The summed E-state index contributed by atoms with van der Waals surface area (Å²) in [5.41, 5.74) is 3.98. The molecular weight excluding hydrogens is 373 g/mol. The van der Waals surface area contributed by atoms with E-state index in [-0.39, 0.29) is 12.4 Å². The molecule has 3 rings (SSSR count). The quantitative estimate of drug-likeness (QED) is 0.595. The van der Waals surface area contributed by atoms with E-state index in [4.69, 9.17) is 14.2 Å². The molecule has 0 bridgehead atoms. The summed E-state index contributed by atoms with van der Waals surface area (Å²) in [5.74, 6) is 2.04. The minimum absolute atomic E-state index is 0.253. The first-order valence-corrected chi connectivity index (χ1v) is 9.55. The summed E-state index contributed by atoms with van der Waals surface area (Å²) in [5, 5.41) is 3.38. The van der Waals surface area contributed by atoms with Crippen molar-refractivity contribution in [1.29, 1.82) is 0 Å². The molecule has 0 aromatic heterocycles. The second kappa shape index (κ2) is 9.60. The van der Waals surface area contributed by atoms with Crippen molar-refractivity contribution in [3.05, 3.63) is 58.4 Å². The number of fused-ring (bicyclic) bond motifs is 1. The van der Waals surface area contributed by atoms with E-state index in [9.17, 15) is 4.39 Å². The lowest BCUT2D eigenvalue weighted by atomic mass is 9.99. The summed E-state index contributed by atoms with van der Waals surface area (Å²) < 4.78 is 29.7. The summed E-state index contributed by atoms with van der Waals surface area (Å²) >= 11 is 0. The van der Waals surface area contributed by atoms with Gasteiger partial charge in [0, 0.05) is 39.4 Å². The Labute approximate surface area is 171 Å². The molecule has 0 atom stereocenters. The highest BCUT2D eigenvalue weighted by Gasteiger charge is 2.21. The van der Waals surface area contributed by atoms with E-state index in [1.807, 2.05) is 12.1 Å². The van der Waals surface area contributed by atoms with Gasteiger partial charge < -0.3 is 24.4 Å². The number of methoxy groups -OCH3 is 3. The lowest BCUT2D eigenvalue weighted by Crippen LogP contribution is -2.43. The molecule has 0 fully saturated rings.